The molecule has 16 heavy (non-hydrogen) atoms. The molecule has 1 fully saturated rings. The molecule has 0 saturated heterocycles. The summed E-state index contributed by atoms with van der Waals surface area (Å²) in [4.78, 5) is 0. The molecule has 0 heterocycles. The van der Waals surface area contributed by atoms with Gasteiger partial charge in [-0.25, -0.2) is 0 Å². The number of allylic oxidation sites excluding steroid dienone is 1. The van der Waals surface area contributed by atoms with Crippen molar-refractivity contribution in [3.63, 3.8) is 0 Å². The Morgan fingerprint density at radius 3 is 2.88 bits per heavy atom. The van der Waals surface area contributed by atoms with E-state index in [2.05, 4.69) is 26.5 Å². The molecular weight excluding hydrogens is 196 g/mol. The standard InChI is InChI=1S/C15H24O/c1-10(2)13-9-15(4)11(3)6-5-7-12(15)8-14(13)16/h8,11,13-14,16H,1,5-7,9H2,2-4H3. The van der Waals surface area contributed by atoms with Gasteiger partial charge in [0.05, 0.1) is 6.10 Å². The molecule has 1 nitrogen and oxygen atoms in total. The normalized spacial score (nSPS) is 43.5. The van der Waals surface area contributed by atoms with E-state index >= 15 is 0 Å². The lowest BCUT2D eigenvalue weighted by atomic mass is 9.57. The molecular formula is C15H24O. The number of aliphatic hydroxyl groups excluding tert-OH is 1. The fraction of sp³-hybridized carbons (Fsp3) is 0.733. The Kier molecular flexibility index (Phi) is 3.00. The average molecular weight is 220 g/mol. The van der Waals surface area contributed by atoms with Gasteiger partial charge in [-0.1, -0.05) is 37.6 Å². The van der Waals surface area contributed by atoms with Crippen LogP contribution in [-0.2, 0) is 0 Å². The van der Waals surface area contributed by atoms with Crippen molar-refractivity contribution in [3.8, 4) is 0 Å². The Hall–Kier alpha value is -0.560. The summed E-state index contributed by atoms with van der Waals surface area (Å²) in [5.41, 5.74) is 2.93. The lowest BCUT2D eigenvalue weighted by molar-refractivity contribution is 0.0793. The quantitative estimate of drug-likeness (QED) is 0.668. The second-order valence-corrected chi connectivity index (χ2v) is 6.05. The number of aliphatic hydroxyl groups is 1. The first-order chi connectivity index (χ1) is 7.45. The van der Waals surface area contributed by atoms with Crippen LogP contribution in [0.25, 0.3) is 0 Å². The van der Waals surface area contributed by atoms with Gasteiger partial charge in [-0.05, 0) is 43.9 Å². The first-order valence-corrected chi connectivity index (χ1v) is 6.50. The van der Waals surface area contributed by atoms with Crippen molar-refractivity contribution < 1.29 is 5.11 Å². The Morgan fingerprint density at radius 2 is 2.25 bits per heavy atom. The highest BCUT2D eigenvalue weighted by Gasteiger charge is 2.43. The minimum Gasteiger partial charge on any atom is -0.388 e. The van der Waals surface area contributed by atoms with Crippen molar-refractivity contribution in [1.82, 2.24) is 0 Å². The number of rotatable bonds is 1. The Bertz CT molecular complexity index is 328. The molecule has 0 aromatic heterocycles. The zero-order valence-electron chi connectivity index (χ0n) is 10.8. The van der Waals surface area contributed by atoms with Gasteiger partial charge in [0, 0.05) is 5.92 Å². The predicted molar refractivity (Wildman–Crippen MR) is 68.1 cm³/mol. The van der Waals surface area contributed by atoms with Gasteiger partial charge in [-0.3, -0.25) is 0 Å². The van der Waals surface area contributed by atoms with E-state index in [1.165, 1.54) is 24.8 Å². The van der Waals surface area contributed by atoms with E-state index < -0.39 is 0 Å². The Morgan fingerprint density at radius 1 is 1.56 bits per heavy atom. The zero-order valence-corrected chi connectivity index (χ0v) is 10.8. The molecule has 0 aromatic carbocycles. The van der Waals surface area contributed by atoms with Crippen LogP contribution in [0.3, 0.4) is 0 Å². The molecule has 90 valence electrons. The predicted octanol–water partition coefficient (Wildman–Crippen LogP) is 3.70. The van der Waals surface area contributed by atoms with Gasteiger partial charge in [-0.2, -0.15) is 0 Å². The molecule has 1 saturated carbocycles. The van der Waals surface area contributed by atoms with Crippen LogP contribution < -0.4 is 0 Å². The highest BCUT2D eigenvalue weighted by atomic mass is 16.3. The average Bonchev–Trinajstić information content (AvgIpc) is 2.20. The van der Waals surface area contributed by atoms with Gasteiger partial charge < -0.3 is 5.11 Å². The van der Waals surface area contributed by atoms with Gasteiger partial charge in [0.2, 0.25) is 0 Å². The molecule has 0 radical (unpaired) electrons. The van der Waals surface area contributed by atoms with Crippen LogP contribution in [0.5, 0.6) is 0 Å². The maximum atomic E-state index is 10.1. The molecule has 4 unspecified atom stereocenters. The summed E-state index contributed by atoms with van der Waals surface area (Å²) >= 11 is 0. The fourth-order valence-electron chi connectivity index (χ4n) is 3.49. The maximum absolute atomic E-state index is 10.1. The minimum absolute atomic E-state index is 0.259. The second-order valence-electron chi connectivity index (χ2n) is 6.05. The molecule has 1 N–H and O–H groups in total. The Labute approximate surface area is 99.3 Å². The van der Waals surface area contributed by atoms with Gasteiger partial charge >= 0.3 is 0 Å². The van der Waals surface area contributed by atoms with Crippen LogP contribution in [-0.4, -0.2) is 11.2 Å². The van der Waals surface area contributed by atoms with Crippen molar-refractivity contribution >= 4 is 0 Å². The van der Waals surface area contributed by atoms with E-state index in [4.69, 9.17) is 0 Å². The summed E-state index contributed by atoms with van der Waals surface area (Å²) < 4.78 is 0. The van der Waals surface area contributed by atoms with Crippen molar-refractivity contribution in [2.45, 2.75) is 52.6 Å². The van der Waals surface area contributed by atoms with Crippen LogP contribution in [0.1, 0.15) is 46.5 Å². The van der Waals surface area contributed by atoms with Crippen molar-refractivity contribution in [3.05, 3.63) is 23.8 Å². The summed E-state index contributed by atoms with van der Waals surface area (Å²) in [6.07, 6.45) is 6.70. The topological polar surface area (TPSA) is 20.2 Å². The summed E-state index contributed by atoms with van der Waals surface area (Å²) in [6, 6.07) is 0. The van der Waals surface area contributed by atoms with Gasteiger partial charge in [-0.15, -0.1) is 0 Å². The van der Waals surface area contributed by atoms with E-state index in [0.717, 1.165) is 17.9 Å². The van der Waals surface area contributed by atoms with E-state index in [0.29, 0.717) is 5.41 Å². The third-order valence-electron chi connectivity index (χ3n) is 4.97. The number of hydrogen-bond donors (Lipinski definition) is 1. The Balaban J connectivity index is 2.34. The van der Waals surface area contributed by atoms with Gasteiger partial charge in [0.25, 0.3) is 0 Å². The summed E-state index contributed by atoms with van der Waals surface area (Å²) in [5.74, 6) is 0.996. The third-order valence-corrected chi connectivity index (χ3v) is 4.97. The van der Waals surface area contributed by atoms with E-state index in [9.17, 15) is 5.11 Å². The maximum Gasteiger partial charge on any atom is 0.0789 e. The molecule has 0 spiro atoms. The van der Waals surface area contributed by atoms with Crippen LogP contribution in [0.4, 0.5) is 0 Å². The fourth-order valence-corrected chi connectivity index (χ4v) is 3.49. The van der Waals surface area contributed by atoms with E-state index in [1.54, 1.807) is 0 Å². The minimum atomic E-state index is -0.300. The lowest BCUT2D eigenvalue weighted by Gasteiger charge is -2.48. The largest absolute Gasteiger partial charge is 0.388 e. The highest BCUT2D eigenvalue weighted by molar-refractivity contribution is 5.26. The SMILES string of the molecule is C=C(C)C1CC2(C)C(=CC1O)CCCC2C. The van der Waals surface area contributed by atoms with Gasteiger partial charge in [0.1, 0.15) is 0 Å². The molecule has 2 aliphatic rings. The molecule has 2 aliphatic carbocycles. The summed E-state index contributed by atoms with van der Waals surface area (Å²) in [5, 5.41) is 10.1. The summed E-state index contributed by atoms with van der Waals surface area (Å²) in [7, 11) is 0. The van der Waals surface area contributed by atoms with Crippen LogP contribution in [0.2, 0.25) is 0 Å². The van der Waals surface area contributed by atoms with Crippen LogP contribution in [0, 0.1) is 17.3 Å². The van der Waals surface area contributed by atoms with Crippen LogP contribution in [0.15, 0.2) is 23.8 Å². The van der Waals surface area contributed by atoms with Crippen molar-refractivity contribution in [1.29, 1.82) is 0 Å². The lowest BCUT2D eigenvalue weighted by Crippen LogP contribution is -2.40. The molecule has 2 rings (SSSR count). The molecule has 0 amide bonds. The summed E-state index contributed by atoms with van der Waals surface area (Å²) in [6.45, 7) is 10.8. The smallest absolute Gasteiger partial charge is 0.0789 e. The zero-order chi connectivity index (χ0) is 11.9. The molecule has 0 aromatic rings. The first-order valence-electron chi connectivity index (χ1n) is 6.50. The molecule has 1 heteroatoms. The van der Waals surface area contributed by atoms with E-state index in [1.807, 2.05) is 6.92 Å². The first kappa shape index (κ1) is 11.9. The monoisotopic (exact) mass is 220 g/mol. The highest BCUT2D eigenvalue weighted by Crippen LogP contribution is 2.52. The molecule has 0 aliphatic heterocycles. The number of hydrogen-bond acceptors (Lipinski definition) is 1. The van der Waals surface area contributed by atoms with Crippen molar-refractivity contribution in [2.75, 3.05) is 0 Å². The molecule has 4 atom stereocenters. The second kappa shape index (κ2) is 4.03. The molecule has 0 bridgehead atoms. The number of fused-ring (bicyclic) bond motifs is 1. The van der Waals surface area contributed by atoms with Gasteiger partial charge in [0.15, 0.2) is 0 Å². The van der Waals surface area contributed by atoms with E-state index in [-0.39, 0.29) is 12.0 Å². The van der Waals surface area contributed by atoms with Crippen LogP contribution >= 0.6 is 0 Å². The van der Waals surface area contributed by atoms with Crippen molar-refractivity contribution in [2.24, 2.45) is 17.3 Å². The third kappa shape index (κ3) is 1.75.